The minimum atomic E-state index is 0.0277. The van der Waals surface area contributed by atoms with Gasteiger partial charge in [0, 0.05) is 17.5 Å². The number of benzene rings is 2. The molecular formula is C20H22Cl2N2O. The highest BCUT2D eigenvalue weighted by Gasteiger charge is 2.25. The fourth-order valence-corrected chi connectivity index (χ4v) is 3.66. The number of piperidine rings is 1. The second-order valence-corrected chi connectivity index (χ2v) is 7.43. The second-order valence-electron chi connectivity index (χ2n) is 6.59. The molecule has 1 aliphatic rings. The average molecular weight is 377 g/mol. The molecular weight excluding hydrogens is 355 g/mol. The summed E-state index contributed by atoms with van der Waals surface area (Å²) < 4.78 is 0. The molecule has 2 aromatic carbocycles. The summed E-state index contributed by atoms with van der Waals surface area (Å²) in [5.41, 5.74) is 3.30. The third-order valence-electron chi connectivity index (χ3n) is 4.80. The van der Waals surface area contributed by atoms with E-state index >= 15 is 0 Å². The lowest BCUT2D eigenvalue weighted by Crippen LogP contribution is -2.37. The zero-order valence-electron chi connectivity index (χ0n) is 14.3. The number of carbonyl (C=O) groups excluding carboxylic acids is 1. The third-order valence-corrected chi connectivity index (χ3v) is 5.35. The van der Waals surface area contributed by atoms with E-state index < -0.39 is 0 Å². The quantitative estimate of drug-likeness (QED) is 0.799. The van der Waals surface area contributed by atoms with Crippen LogP contribution >= 0.6 is 23.2 Å². The van der Waals surface area contributed by atoms with E-state index in [-0.39, 0.29) is 11.8 Å². The fraction of sp³-hybridized carbons (Fsp3) is 0.350. The molecule has 132 valence electrons. The van der Waals surface area contributed by atoms with Gasteiger partial charge in [0.15, 0.2) is 0 Å². The van der Waals surface area contributed by atoms with Crippen molar-refractivity contribution < 1.29 is 4.79 Å². The van der Waals surface area contributed by atoms with Gasteiger partial charge in [-0.25, -0.2) is 0 Å². The highest BCUT2D eigenvalue weighted by atomic mass is 35.5. The molecule has 0 radical (unpaired) electrons. The molecule has 25 heavy (non-hydrogen) atoms. The van der Waals surface area contributed by atoms with Crippen molar-refractivity contribution in [3.05, 3.63) is 63.6 Å². The van der Waals surface area contributed by atoms with Crippen molar-refractivity contribution in [2.24, 2.45) is 5.92 Å². The molecule has 0 atom stereocenters. The summed E-state index contributed by atoms with van der Waals surface area (Å²) >= 11 is 12.0. The largest absolute Gasteiger partial charge is 0.325 e. The summed E-state index contributed by atoms with van der Waals surface area (Å²) in [4.78, 5) is 14.9. The molecule has 0 unspecified atom stereocenters. The van der Waals surface area contributed by atoms with Crippen LogP contribution in [0.25, 0.3) is 0 Å². The van der Waals surface area contributed by atoms with Crippen LogP contribution in [0, 0.1) is 12.8 Å². The molecule has 0 aromatic heterocycles. The summed E-state index contributed by atoms with van der Waals surface area (Å²) in [5.74, 6) is 0.0691. The van der Waals surface area contributed by atoms with Gasteiger partial charge in [-0.15, -0.1) is 0 Å². The van der Waals surface area contributed by atoms with E-state index in [1.807, 2.05) is 0 Å². The predicted molar refractivity (Wildman–Crippen MR) is 104 cm³/mol. The van der Waals surface area contributed by atoms with Gasteiger partial charge in [-0.05, 0) is 62.2 Å². The van der Waals surface area contributed by atoms with E-state index in [0.717, 1.165) is 32.5 Å². The van der Waals surface area contributed by atoms with Crippen LogP contribution in [0.15, 0.2) is 42.5 Å². The molecule has 0 spiro atoms. The van der Waals surface area contributed by atoms with Crippen molar-refractivity contribution in [1.82, 2.24) is 4.90 Å². The lowest BCUT2D eigenvalue weighted by atomic mass is 9.95. The van der Waals surface area contributed by atoms with E-state index in [2.05, 4.69) is 41.4 Å². The molecule has 1 fully saturated rings. The average Bonchev–Trinajstić information content (AvgIpc) is 2.60. The molecule has 2 aromatic rings. The predicted octanol–water partition coefficient (Wildman–Crippen LogP) is 5.15. The number of likely N-dealkylation sites (tertiary alicyclic amines) is 1. The van der Waals surface area contributed by atoms with E-state index in [4.69, 9.17) is 23.2 Å². The van der Waals surface area contributed by atoms with Gasteiger partial charge in [-0.3, -0.25) is 9.69 Å². The smallest absolute Gasteiger partial charge is 0.227 e. The molecule has 3 nitrogen and oxygen atoms in total. The Kier molecular flexibility index (Phi) is 6.00. The zero-order valence-corrected chi connectivity index (χ0v) is 15.8. The summed E-state index contributed by atoms with van der Waals surface area (Å²) in [6.07, 6.45) is 1.73. The molecule has 0 bridgehead atoms. The summed E-state index contributed by atoms with van der Waals surface area (Å²) in [5, 5.41) is 3.97. The SMILES string of the molecule is Cc1ccccc1CN1CCC(C(=O)Nc2ccc(Cl)cc2Cl)CC1. The number of rotatable bonds is 4. The van der Waals surface area contributed by atoms with Crippen LogP contribution in [0.1, 0.15) is 24.0 Å². The van der Waals surface area contributed by atoms with Crippen LogP contribution in [0.2, 0.25) is 10.0 Å². The van der Waals surface area contributed by atoms with E-state index in [0.29, 0.717) is 15.7 Å². The number of amides is 1. The number of hydrogen-bond donors (Lipinski definition) is 1. The Hall–Kier alpha value is -1.55. The number of aryl methyl sites for hydroxylation is 1. The summed E-state index contributed by atoms with van der Waals surface area (Å²) in [7, 11) is 0. The van der Waals surface area contributed by atoms with Crippen molar-refractivity contribution in [3.63, 3.8) is 0 Å². The van der Waals surface area contributed by atoms with Crippen molar-refractivity contribution in [3.8, 4) is 0 Å². The first-order valence-corrected chi connectivity index (χ1v) is 9.31. The van der Waals surface area contributed by atoms with Crippen molar-refractivity contribution >= 4 is 34.8 Å². The molecule has 1 aliphatic heterocycles. The Morgan fingerprint density at radius 1 is 1.16 bits per heavy atom. The molecule has 1 N–H and O–H groups in total. The number of hydrogen-bond acceptors (Lipinski definition) is 2. The zero-order chi connectivity index (χ0) is 17.8. The van der Waals surface area contributed by atoms with E-state index in [9.17, 15) is 4.79 Å². The fourth-order valence-electron chi connectivity index (χ4n) is 3.21. The van der Waals surface area contributed by atoms with Crippen LogP contribution in [-0.4, -0.2) is 23.9 Å². The van der Waals surface area contributed by atoms with Crippen LogP contribution in [0.5, 0.6) is 0 Å². The van der Waals surface area contributed by atoms with Crippen molar-refractivity contribution in [2.45, 2.75) is 26.3 Å². The Balaban J connectivity index is 1.53. The first-order chi connectivity index (χ1) is 12.0. The molecule has 3 rings (SSSR count). The van der Waals surface area contributed by atoms with Crippen LogP contribution < -0.4 is 5.32 Å². The maximum absolute atomic E-state index is 12.5. The Labute approximate surface area is 158 Å². The topological polar surface area (TPSA) is 32.3 Å². The Morgan fingerprint density at radius 3 is 2.56 bits per heavy atom. The monoisotopic (exact) mass is 376 g/mol. The first kappa shape index (κ1) is 18.2. The Morgan fingerprint density at radius 2 is 1.88 bits per heavy atom. The van der Waals surface area contributed by atoms with Gasteiger partial charge < -0.3 is 5.32 Å². The lowest BCUT2D eigenvalue weighted by Gasteiger charge is -2.31. The van der Waals surface area contributed by atoms with E-state index in [1.165, 1.54) is 11.1 Å². The lowest BCUT2D eigenvalue weighted by molar-refractivity contribution is -0.121. The van der Waals surface area contributed by atoms with Crippen LogP contribution in [-0.2, 0) is 11.3 Å². The van der Waals surface area contributed by atoms with Gasteiger partial charge >= 0.3 is 0 Å². The molecule has 0 saturated carbocycles. The normalized spacial score (nSPS) is 16.0. The van der Waals surface area contributed by atoms with Crippen LogP contribution in [0.3, 0.4) is 0 Å². The third kappa shape index (κ3) is 4.75. The molecule has 1 amide bonds. The molecule has 1 heterocycles. The summed E-state index contributed by atoms with van der Waals surface area (Å²) in [6.45, 7) is 4.96. The van der Waals surface area contributed by atoms with Gasteiger partial charge in [0.2, 0.25) is 5.91 Å². The number of carbonyl (C=O) groups is 1. The maximum atomic E-state index is 12.5. The molecule has 5 heteroatoms. The van der Waals surface area contributed by atoms with Crippen molar-refractivity contribution in [1.29, 1.82) is 0 Å². The minimum absolute atomic E-state index is 0.0277. The van der Waals surface area contributed by atoms with Gasteiger partial charge in [0.25, 0.3) is 0 Å². The number of halogens is 2. The second kappa shape index (κ2) is 8.22. The maximum Gasteiger partial charge on any atom is 0.227 e. The van der Waals surface area contributed by atoms with E-state index in [1.54, 1.807) is 18.2 Å². The number of nitrogens with zero attached hydrogens (tertiary/aromatic N) is 1. The minimum Gasteiger partial charge on any atom is -0.325 e. The van der Waals surface area contributed by atoms with Gasteiger partial charge in [0.05, 0.1) is 10.7 Å². The highest BCUT2D eigenvalue weighted by molar-refractivity contribution is 6.36. The van der Waals surface area contributed by atoms with Gasteiger partial charge in [0.1, 0.15) is 0 Å². The van der Waals surface area contributed by atoms with Crippen LogP contribution in [0.4, 0.5) is 5.69 Å². The van der Waals surface area contributed by atoms with Gasteiger partial charge in [-0.1, -0.05) is 47.5 Å². The van der Waals surface area contributed by atoms with Crippen molar-refractivity contribution in [2.75, 3.05) is 18.4 Å². The van der Waals surface area contributed by atoms with Gasteiger partial charge in [-0.2, -0.15) is 0 Å². The Bertz CT molecular complexity index is 755. The summed E-state index contributed by atoms with van der Waals surface area (Å²) in [6, 6.07) is 13.6. The first-order valence-electron chi connectivity index (χ1n) is 8.55. The number of nitrogens with one attached hydrogen (secondary N) is 1. The highest BCUT2D eigenvalue weighted by Crippen LogP contribution is 2.27. The standard InChI is InChI=1S/C20H22Cl2N2O/c1-14-4-2-3-5-16(14)13-24-10-8-15(9-11-24)20(25)23-19-7-6-17(21)12-18(19)22/h2-7,12,15H,8-11,13H2,1H3,(H,23,25). The molecule has 1 saturated heterocycles. The number of anilines is 1. The molecule has 0 aliphatic carbocycles.